The first-order valence-electron chi connectivity index (χ1n) is 7.86. The number of piperidine rings is 1. The van der Waals surface area contributed by atoms with E-state index >= 15 is 0 Å². The predicted molar refractivity (Wildman–Crippen MR) is 82.7 cm³/mol. The van der Waals surface area contributed by atoms with Gasteiger partial charge in [0.25, 0.3) is 0 Å². The number of carbonyl (C=O) groups is 1. The summed E-state index contributed by atoms with van der Waals surface area (Å²) in [5.74, 6) is 1.67. The normalized spacial score (nSPS) is 24.9. The summed E-state index contributed by atoms with van der Waals surface area (Å²) < 4.78 is 5.94. The lowest BCUT2D eigenvalue weighted by atomic mass is 9.84. The van der Waals surface area contributed by atoms with E-state index in [-0.39, 0.29) is 11.9 Å². The maximum atomic E-state index is 12.2. The molecule has 4 heteroatoms. The van der Waals surface area contributed by atoms with E-state index in [4.69, 9.17) is 4.74 Å². The Kier molecular flexibility index (Phi) is 4.15. The number of aryl methyl sites for hydroxylation is 1. The molecule has 114 valence electrons. The van der Waals surface area contributed by atoms with Crippen molar-refractivity contribution in [2.75, 3.05) is 27.2 Å². The van der Waals surface area contributed by atoms with Crippen molar-refractivity contribution in [2.24, 2.45) is 0 Å². The fourth-order valence-electron chi connectivity index (χ4n) is 3.44. The third-order valence-electron chi connectivity index (χ3n) is 4.55. The van der Waals surface area contributed by atoms with E-state index in [1.165, 1.54) is 11.1 Å². The van der Waals surface area contributed by atoms with Crippen molar-refractivity contribution >= 4 is 5.91 Å². The summed E-state index contributed by atoms with van der Waals surface area (Å²) in [4.78, 5) is 13.9. The molecule has 2 heterocycles. The molecule has 3 rings (SSSR count). The SMILES string of the molecule is CN(C)C(=O)C1CC(c2cccc3c2OCCC3)CCN1. The molecule has 0 saturated carbocycles. The molecule has 1 amide bonds. The minimum absolute atomic E-state index is 0.0711. The molecule has 0 spiro atoms. The lowest BCUT2D eigenvalue weighted by Crippen LogP contribution is -2.47. The number of hydrogen-bond acceptors (Lipinski definition) is 3. The maximum absolute atomic E-state index is 12.2. The summed E-state index contributed by atoms with van der Waals surface area (Å²) in [7, 11) is 3.64. The number of rotatable bonds is 2. The van der Waals surface area contributed by atoms with E-state index in [9.17, 15) is 4.79 Å². The Bertz CT molecular complexity index is 528. The molecule has 2 atom stereocenters. The van der Waals surface area contributed by atoms with Gasteiger partial charge in [0.1, 0.15) is 5.75 Å². The second-order valence-corrected chi connectivity index (χ2v) is 6.25. The maximum Gasteiger partial charge on any atom is 0.239 e. The van der Waals surface area contributed by atoms with Crippen molar-refractivity contribution in [3.8, 4) is 5.75 Å². The van der Waals surface area contributed by atoms with Crippen LogP contribution in [0.4, 0.5) is 0 Å². The van der Waals surface area contributed by atoms with Gasteiger partial charge in [-0.1, -0.05) is 18.2 Å². The van der Waals surface area contributed by atoms with Crippen LogP contribution in [-0.4, -0.2) is 44.1 Å². The molecular formula is C17H24N2O2. The largest absolute Gasteiger partial charge is 0.493 e. The topological polar surface area (TPSA) is 41.6 Å². The highest BCUT2D eigenvalue weighted by Crippen LogP contribution is 2.38. The molecule has 1 aromatic rings. The summed E-state index contributed by atoms with van der Waals surface area (Å²) in [6.45, 7) is 1.70. The van der Waals surface area contributed by atoms with Gasteiger partial charge in [0.15, 0.2) is 0 Å². The molecule has 0 radical (unpaired) electrons. The number of nitrogens with zero attached hydrogens (tertiary/aromatic N) is 1. The van der Waals surface area contributed by atoms with E-state index in [0.717, 1.165) is 44.6 Å². The molecule has 21 heavy (non-hydrogen) atoms. The van der Waals surface area contributed by atoms with Crippen LogP contribution < -0.4 is 10.1 Å². The van der Waals surface area contributed by atoms with E-state index < -0.39 is 0 Å². The number of fused-ring (bicyclic) bond motifs is 1. The molecule has 2 aliphatic rings. The third-order valence-corrected chi connectivity index (χ3v) is 4.55. The first kappa shape index (κ1) is 14.4. The van der Waals surface area contributed by atoms with Crippen LogP contribution in [0.15, 0.2) is 18.2 Å². The first-order chi connectivity index (χ1) is 10.2. The molecule has 2 aliphatic heterocycles. The number of para-hydroxylation sites is 1. The number of amides is 1. The van der Waals surface area contributed by atoms with Crippen LogP contribution >= 0.6 is 0 Å². The van der Waals surface area contributed by atoms with Gasteiger partial charge < -0.3 is 15.0 Å². The van der Waals surface area contributed by atoms with Crippen molar-refractivity contribution in [2.45, 2.75) is 37.6 Å². The highest BCUT2D eigenvalue weighted by atomic mass is 16.5. The quantitative estimate of drug-likeness (QED) is 0.904. The molecule has 1 N–H and O–H groups in total. The molecular weight excluding hydrogens is 264 g/mol. The molecule has 1 fully saturated rings. The zero-order valence-corrected chi connectivity index (χ0v) is 12.9. The van der Waals surface area contributed by atoms with E-state index in [2.05, 4.69) is 23.5 Å². The molecule has 0 bridgehead atoms. The number of carbonyl (C=O) groups excluding carboxylic acids is 1. The molecule has 4 nitrogen and oxygen atoms in total. The zero-order valence-electron chi connectivity index (χ0n) is 12.9. The minimum Gasteiger partial charge on any atom is -0.493 e. The standard InChI is InChI=1S/C17H24N2O2/c1-19(2)17(20)15-11-13(8-9-18-15)14-7-3-5-12-6-4-10-21-16(12)14/h3,5,7,13,15,18H,4,6,8-11H2,1-2H3. The van der Waals surface area contributed by atoms with Gasteiger partial charge in [-0.3, -0.25) is 4.79 Å². The van der Waals surface area contributed by atoms with Crippen molar-refractivity contribution in [3.05, 3.63) is 29.3 Å². The van der Waals surface area contributed by atoms with Crippen LogP contribution in [0.2, 0.25) is 0 Å². The van der Waals surface area contributed by atoms with Crippen LogP contribution in [0.5, 0.6) is 5.75 Å². The van der Waals surface area contributed by atoms with Gasteiger partial charge in [-0.2, -0.15) is 0 Å². The molecule has 2 unspecified atom stereocenters. The predicted octanol–water partition coefficient (Wildman–Crippen LogP) is 1.94. The molecule has 0 aliphatic carbocycles. The number of hydrogen-bond donors (Lipinski definition) is 1. The number of ether oxygens (including phenoxy) is 1. The van der Waals surface area contributed by atoms with Gasteiger partial charge in [0, 0.05) is 14.1 Å². The molecule has 0 aromatic heterocycles. The van der Waals surface area contributed by atoms with Crippen LogP contribution in [0, 0.1) is 0 Å². The monoisotopic (exact) mass is 288 g/mol. The van der Waals surface area contributed by atoms with E-state index in [0.29, 0.717) is 5.92 Å². The second kappa shape index (κ2) is 6.06. The fraction of sp³-hybridized carbons (Fsp3) is 0.588. The second-order valence-electron chi connectivity index (χ2n) is 6.25. The van der Waals surface area contributed by atoms with Gasteiger partial charge in [0.2, 0.25) is 5.91 Å². The summed E-state index contributed by atoms with van der Waals surface area (Å²) in [5.41, 5.74) is 2.62. The Morgan fingerprint density at radius 1 is 1.38 bits per heavy atom. The van der Waals surface area contributed by atoms with Crippen molar-refractivity contribution in [3.63, 3.8) is 0 Å². The molecule has 1 saturated heterocycles. The van der Waals surface area contributed by atoms with Gasteiger partial charge in [0.05, 0.1) is 12.6 Å². The highest BCUT2D eigenvalue weighted by Gasteiger charge is 2.31. The van der Waals surface area contributed by atoms with Crippen LogP contribution in [0.3, 0.4) is 0 Å². The lowest BCUT2D eigenvalue weighted by Gasteiger charge is -2.33. The Morgan fingerprint density at radius 3 is 3.05 bits per heavy atom. The van der Waals surface area contributed by atoms with Crippen molar-refractivity contribution < 1.29 is 9.53 Å². The van der Waals surface area contributed by atoms with Crippen molar-refractivity contribution in [1.82, 2.24) is 10.2 Å². The third kappa shape index (κ3) is 2.91. The Morgan fingerprint density at radius 2 is 2.24 bits per heavy atom. The Hall–Kier alpha value is -1.55. The fourth-order valence-corrected chi connectivity index (χ4v) is 3.44. The number of benzene rings is 1. The lowest BCUT2D eigenvalue weighted by molar-refractivity contribution is -0.131. The zero-order chi connectivity index (χ0) is 14.8. The van der Waals surface area contributed by atoms with Gasteiger partial charge in [-0.05, 0) is 49.3 Å². The average Bonchev–Trinajstić information content (AvgIpc) is 2.53. The van der Waals surface area contributed by atoms with Crippen LogP contribution in [0.1, 0.15) is 36.3 Å². The summed E-state index contributed by atoms with van der Waals surface area (Å²) >= 11 is 0. The minimum atomic E-state index is -0.0711. The van der Waals surface area contributed by atoms with Crippen molar-refractivity contribution in [1.29, 1.82) is 0 Å². The summed E-state index contributed by atoms with van der Waals surface area (Å²) in [5, 5.41) is 3.35. The number of likely N-dealkylation sites (N-methyl/N-ethyl adjacent to an activating group) is 1. The van der Waals surface area contributed by atoms with Crippen LogP contribution in [0.25, 0.3) is 0 Å². The van der Waals surface area contributed by atoms with Crippen LogP contribution in [-0.2, 0) is 11.2 Å². The first-order valence-corrected chi connectivity index (χ1v) is 7.86. The van der Waals surface area contributed by atoms with Gasteiger partial charge >= 0.3 is 0 Å². The average molecular weight is 288 g/mol. The van der Waals surface area contributed by atoms with Gasteiger partial charge in [-0.25, -0.2) is 0 Å². The Labute approximate surface area is 126 Å². The smallest absolute Gasteiger partial charge is 0.239 e. The summed E-state index contributed by atoms with van der Waals surface area (Å²) in [6.07, 6.45) is 4.13. The Balaban J connectivity index is 1.82. The molecule has 1 aromatic carbocycles. The van der Waals surface area contributed by atoms with E-state index in [1.54, 1.807) is 4.90 Å². The highest BCUT2D eigenvalue weighted by molar-refractivity contribution is 5.81. The van der Waals surface area contributed by atoms with Gasteiger partial charge in [-0.15, -0.1) is 0 Å². The summed E-state index contributed by atoms with van der Waals surface area (Å²) in [6, 6.07) is 6.41. The van der Waals surface area contributed by atoms with E-state index in [1.807, 2.05) is 14.1 Å². The number of nitrogens with one attached hydrogen (secondary N) is 1.